The summed E-state index contributed by atoms with van der Waals surface area (Å²) in [6.07, 6.45) is -4.14. The average molecular weight is 345 g/mol. The number of urea groups is 1. The molecule has 5 nitrogen and oxygen atoms in total. The number of nitrogens with zero attached hydrogens (tertiary/aromatic N) is 1. The molecule has 3 N–H and O–H groups in total. The molecule has 0 aromatic heterocycles. The predicted octanol–water partition coefficient (Wildman–Crippen LogP) is 1.96. The predicted molar refractivity (Wildman–Crippen MR) is 83.3 cm³/mol. The van der Waals surface area contributed by atoms with Crippen LogP contribution in [0.4, 0.5) is 18.0 Å². The van der Waals surface area contributed by atoms with Crippen molar-refractivity contribution in [3.05, 3.63) is 35.4 Å². The van der Waals surface area contributed by atoms with Crippen molar-refractivity contribution < 1.29 is 23.1 Å². The van der Waals surface area contributed by atoms with Gasteiger partial charge in [0.25, 0.3) is 0 Å². The van der Waals surface area contributed by atoms with E-state index in [9.17, 15) is 18.0 Å². The molecule has 0 saturated carbocycles. The van der Waals surface area contributed by atoms with Gasteiger partial charge in [-0.15, -0.1) is 0 Å². The second kappa shape index (κ2) is 7.85. The highest BCUT2D eigenvalue weighted by atomic mass is 19.4. The van der Waals surface area contributed by atoms with Crippen LogP contribution < -0.4 is 10.6 Å². The molecule has 2 rings (SSSR count). The van der Waals surface area contributed by atoms with Gasteiger partial charge in [-0.25, -0.2) is 4.79 Å². The minimum atomic E-state index is -4.32. The number of halogens is 3. The van der Waals surface area contributed by atoms with Crippen LogP contribution in [0.1, 0.15) is 24.5 Å². The molecule has 0 bridgehead atoms. The van der Waals surface area contributed by atoms with Gasteiger partial charge in [0.05, 0.1) is 11.7 Å². The van der Waals surface area contributed by atoms with E-state index in [1.165, 1.54) is 12.1 Å². The number of hydrogen-bond acceptors (Lipinski definition) is 3. The molecule has 0 unspecified atom stereocenters. The Labute approximate surface area is 138 Å². The molecule has 24 heavy (non-hydrogen) atoms. The van der Waals surface area contributed by atoms with Crippen LogP contribution in [0.25, 0.3) is 0 Å². The number of hydrogen-bond donors (Lipinski definition) is 3. The van der Waals surface area contributed by atoms with Crippen LogP contribution >= 0.6 is 0 Å². The van der Waals surface area contributed by atoms with Gasteiger partial charge in [0.15, 0.2) is 0 Å². The molecule has 0 aliphatic carbocycles. The lowest BCUT2D eigenvalue weighted by Crippen LogP contribution is -2.45. The van der Waals surface area contributed by atoms with E-state index in [2.05, 4.69) is 15.5 Å². The normalized spacial score (nSPS) is 20.0. The maximum atomic E-state index is 12.5. The Morgan fingerprint density at radius 2 is 2.04 bits per heavy atom. The maximum absolute atomic E-state index is 12.5. The van der Waals surface area contributed by atoms with E-state index < -0.39 is 17.8 Å². The van der Waals surface area contributed by atoms with Crippen LogP contribution in [0, 0.1) is 0 Å². The quantitative estimate of drug-likeness (QED) is 0.764. The molecule has 1 aliphatic heterocycles. The van der Waals surface area contributed by atoms with Gasteiger partial charge in [0.2, 0.25) is 0 Å². The molecule has 134 valence electrons. The first-order chi connectivity index (χ1) is 11.2. The average Bonchev–Trinajstić information content (AvgIpc) is 2.92. The second-order valence-corrected chi connectivity index (χ2v) is 6.12. The fourth-order valence-electron chi connectivity index (χ4n) is 2.63. The maximum Gasteiger partial charge on any atom is 0.416 e. The molecule has 0 spiro atoms. The monoisotopic (exact) mass is 345 g/mol. The Bertz CT molecular complexity index is 546. The lowest BCUT2D eigenvalue weighted by Gasteiger charge is -2.17. The molecule has 1 saturated heterocycles. The van der Waals surface area contributed by atoms with Crippen LogP contribution in [-0.2, 0) is 12.7 Å². The molecule has 2 atom stereocenters. The van der Waals surface area contributed by atoms with Gasteiger partial charge in [-0.05, 0) is 31.0 Å². The minimum Gasteiger partial charge on any atom is -0.392 e. The van der Waals surface area contributed by atoms with E-state index in [1.54, 1.807) is 6.92 Å². The molecular weight excluding hydrogens is 323 g/mol. The van der Waals surface area contributed by atoms with Gasteiger partial charge >= 0.3 is 12.2 Å². The first-order valence-electron chi connectivity index (χ1n) is 7.85. The van der Waals surface area contributed by atoms with Crippen LogP contribution in [0.15, 0.2) is 24.3 Å². The molecule has 1 fully saturated rings. The molecule has 1 aromatic carbocycles. The van der Waals surface area contributed by atoms with Crippen LogP contribution in [0.2, 0.25) is 0 Å². The number of carbonyl (C=O) groups is 1. The summed E-state index contributed by atoms with van der Waals surface area (Å²) < 4.78 is 37.6. The Morgan fingerprint density at radius 1 is 1.38 bits per heavy atom. The number of amides is 2. The summed E-state index contributed by atoms with van der Waals surface area (Å²) >= 11 is 0. The van der Waals surface area contributed by atoms with E-state index in [0.717, 1.165) is 30.7 Å². The lowest BCUT2D eigenvalue weighted by atomic mass is 10.1. The van der Waals surface area contributed by atoms with Crippen molar-refractivity contribution in [1.29, 1.82) is 0 Å². The third-order valence-electron chi connectivity index (χ3n) is 3.85. The largest absolute Gasteiger partial charge is 0.416 e. The SMILES string of the molecule is C[C@@H](O)CNC(=O)N[C@H]1CCN(Cc2ccc(C(F)(F)F)cc2)C1. The van der Waals surface area contributed by atoms with E-state index in [-0.39, 0.29) is 18.6 Å². The van der Waals surface area contributed by atoms with Crippen molar-refractivity contribution in [2.24, 2.45) is 0 Å². The van der Waals surface area contributed by atoms with E-state index in [0.29, 0.717) is 13.1 Å². The third kappa shape index (κ3) is 5.68. The van der Waals surface area contributed by atoms with Gasteiger partial charge in [-0.1, -0.05) is 12.1 Å². The summed E-state index contributed by atoms with van der Waals surface area (Å²) in [5, 5.41) is 14.5. The number of carbonyl (C=O) groups excluding carboxylic acids is 1. The van der Waals surface area contributed by atoms with Crippen molar-refractivity contribution in [2.45, 2.75) is 38.2 Å². The zero-order valence-corrected chi connectivity index (χ0v) is 13.4. The number of aliphatic hydroxyl groups is 1. The van der Waals surface area contributed by atoms with Gasteiger partial charge < -0.3 is 15.7 Å². The fraction of sp³-hybridized carbons (Fsp3) is 0.562. The second-order valence-electron chi connectivity index (χ2n) is 6.12. The Morgan fingerprint density at radius 3 is 2.62 bits per heavy atom. The van der Waals surface area contributed by atoms with Gasteiger partial charge in [-0.2, -0.15) is 13.2 Å². The number of aliphatic hydroxyl groups excluding tert-OH is 1. The van der Waals surface area contributed by atoms with Crippen molar-refractivity contribution in [3.63, 3.8) is 0 Å². The Kier molecular flexibility index (Phi) is 6.06. The zero-order valence-electron chi connectivity index (χ0n) is 13.4. The summed E-state index contributed by atoms with van der Waals surface area (Å²) in [6, 6.07) is 4.82. The minimum absolute atomic E-state index is 0.00607. The first kappa shape index (κ1) is 18.5. The molecule has 0 radical (unpaired) electrons. The molecule has 1 heterocycles. The lowest BCUT2D eigenvalue weighted by molar-refractivity contribution is -0.137. The molecular formula is C16H22F3N3O2. The number of benzene rings is 1. The molecule has 2 amide bonds. The smallest absolute Gasteiger partial charge is 0.392 e. The van der Waals surface area contributed by atoms with Crippen molar-refractivity contribution in [2.75, 3.05) is 19.6 Å². The topological polar surface area (TPSA) is 64.6 Å². The molecule has 8 heteroatoms. The standard InChI is InChI=1S/C16H22F3N3O2/c1-11(23)8-20-15(24)21-14-6-7-22(10-14)9-12-2-4-13(5-3-12)16(17,18)19/h2-5,11,14,23H,6-10H2,1H3,(H2,20,21,24)/t11-,14+/m1/s1. The van der Waals surface area contributed by atoms with Crippen molar-refractivity contribution in [1.82, 2.24) is 15.5 Å². The van der Waals surface area contributed by atoms with E-state index in [1.807, 2.05) is 0 Å². The van der Waals surface area contributed by atoms with Gasteiger partial charge in [-0.3, -0.25) is 4.90 Å². The van der Waals surface area contributed by atoms with Crippen molar-refractivity contribution in [3.8, 4) is 0 Å². The zero-order chi connectivity index (χ0) is 17.7. The highest BCUT2D eigenvalue weighted by Gasteiger charge is 2.30. The first-order valence-corrected chi connectivity index (χ1v) is 7.85. The Balaban J connectivity index is 1.78. The highest BCUT2D eigenvalue weighted by Crippen LogP contribution is 2.29. The Hall–Kier alpha value is -1.80. The van der Waals surface area contributed by atoms with Crippen molar-refractivity contribution >= 4 is 6.03 Å². The number of likely N-dealkylation sites (tertiary alicyclic amines) is 1. The van der Waals surface area contributed by atoms with Crippen LogP contribution in [-0.4, -0.2) is 47.8 Å². The van der Waals surface area contributed by atoms with E-state index in [4.69, 9.17) is 5.11 Å². The van der Waals surface area contributed by atoms with Crippen LogP contribution in [0.5, 0.6) is 0 Å². The summed E-state index contributed by atoms with van der Waals surface area (Å²) in [6.45, 7) is 3.73. The third-order valence-corrected chi connectivity index (χ3v) is 3.85. The fourth-order valence-corrected chi connectivity index (χ4v) is 2.63. The number of alkyl halides is 3. The van der Waals surface area contributed by atoms with E-state index >= 15 is 0 Å². The van der Waals surface area contributed by atoms with Gasteiger partial charge in [0, 0.05) is 32.2 Å². The van der Waals surface area contributed by atoms with Gasteiger partial charge in [0.1, 0.15) is 0 Å². The van der Waals surface area contributed by atoms with Crippen LogP contribution in [0.3, 0.4) is 0 Å². The number of rotatable bonds is 5. The highest BCUT2D eigenvalue weighted by molar-refractivity contribution is 5.74. The summed E-state index contributed by atoms with van der Waals surface area (Å²) in [5.41, 5.74) is 0.157. The summed E-state index contributed by atoms with van der Waals surface area (Å²) in [7, 11) is 0. The molecule has 1 aromatic rings. The molecule has 1 aliphatic rings. The summed E-state index contributed by atoms with van der Waals surface area (Å²) in [4.78, 5) is 13.7. The number of nitrogens with one attached hydrogen (secondary N) is 2. The summed E-state index contributed by atoms with van der Waals surface area (Å²) in [5.74, 6) is 0.